The molecule has 124 valence electrons. The van der Waals surface area contributed by atoms with Gasteiger partial charge in [-0.25, -0.2) is 4.98 Å². The number of primary amides is 1. The van der Waals surface area contributed by atoms with E-state index in [1.54, 1.807) is 37.4 Å². The fourth-order valence-corrected chi connectivity index (χ4v) is 3.36. The number of hydrogen-bond donors (Lipinski definition) is 2. The third kappa shape index (κ3) is 2.37. The normalized spacial score (nSPS) is 11.8. The number of nitrogens with two attached hydrogens (primary N) is 1. The Kier molecular flexibility index (Phi) is 3.85. The van der Waals surface area contributed by atoms with Crippen molar-refractivity contribution >= 4 is 45.7 Å². The van der Waals surface area contributed by atoms with Gasteiger partial charge in [0.15, 0.2) is 0 Å². The summed E-state index contributed by atoms with van der Waals surface area (Å²) in [5.74, 6) is -1.40. The molecule has 0 fully saturated rings. The van der Waals surface area contributed by atoms with Gasteiger partial charge in [-0.05, 0) is 37.4 Å². The number of halogens is 1. The van der Waals surface area contributed by atoms with Crippen LogP contribution < -0.4 is 5.73 Å². The van der Waals surface area contributed by atoms with Gasteiger partial charge in [0.05, 0.1) is 10.4 Å². The molecule has 0 spiro atoms. The summed E-state index contributed by atoms with van der Waals surface area (Å²) in [6, 6.07) is 6.51. The monoisotopic (exact) mass is 363 g/mol. The lowest BCUT2D eigenvalue weighted by Gasteiger charge is -2.24. The van der Waals surface area contributed by atoms with Crippen LogP contribution in [0.4, 0.5) is 0 Å². The molecule has 3 rings (SSSR count). The Balaban J connectivity index is 2.38. The van der Waals surface area contributed by atoms with Crippen molar-refractivity contribution in [3.05, 3.63) is 45.2 Å². The number of nitrogens with zero attached hydrogens (tertiary/aromatic N) is 2. The van der Waals surface area contributed by atoms with E-state index in [0.29, 0.717) is 10.4 Å². The first kappa shape index (κ1) is 16.5. The minimum absolute atomic E-state index is 0.00396. The van der Waals surface area contributed by atoms with Crippen LogP contribution in [0.3, 0.4) is 0 Å². The largest absolute Gasteiger partial charge is 0.494 e. The van der Waals surface area contributed by atoms with Crippen molar-refractivity contribution in [2.45, 2.75) is 19.4 Å². The number of ketones is 1. The molecule has 0 aliphatic heterocycles. The highest BCUT2D eigenvalue weighted by Crippen LogP contribution is 2.37. The van der Waals surface area contributed by atoms with Gasteiger partial charge in [0.25, 0.3) is 0 Å². The lowest BCUT2D eigenvalue weighted by Crippen LogP contribution is -2.40. The standard InChI is InChI=1S/C16H14ClN3O3S/c1-16(2,15(18)23)20-8-5-6-10(17)19-12(8)11(14(20)22)13(21)9-4-3-7-24-9/h3-7,22H,1-2H3,(H2,18,23). The molecule has 0 aliphatic rings. The van der Waals surface area contributed by atoms with Crippen molar-refractivity contribution in [3.63, 3.8) is 0 Å². The second-order valence-corrected chi connectivity index (χ2v) is 7.10. The van der Waals surface area contributed by atoms with E-state index in [2.05, 4.69) is 4.98 Å². The third-order valence-electron chi connectivity index (χ3n) is 3.89. The molecular formula is C16H14ClN3O3S. The van der Waals surface area contributed by atoms with E-state index < -0.39 is 11.4 Å². The first-order chi connectivity index (χ1) is 11.2. The highest BCUT2D eigenvalue weighted by molar-refractivity contribution is 7.12. The van der Waals surface area contributed by atoms with E-state index in [-0.39, 0.29) is 27.9 Å². The lowest BCUT2D eigenvalue weighted by atomic mass is 10.0. The molecule has 3 heterocycles. The second-order valence-electron chi connectivity index (χ2n) is 5.77. The molecule has 3 aromatic rings. The van der Waals surface area contributed by atoms with Gasteiger partial charge in [-0.15, -0.1) is 11.3 Å². The summed E-state index contributed by atoms with van der Waals surface area (Å²) >= 11 is 7.20. The highest BCUT2D eigenvalue weighted by atomic mass is 35.5. The van der Waals surface area contributed by atoms with Crippen molar-refractivity contribution < 1.29 is 14.7 Å². The molecule has 24 heavy (non-hydrogen) atoms. The number of hydrogen-bond acceptors (Lipinski definition) is 5. The summed E-state index contributed by atoms with van der Waals surface area (Å²) in [5.41, 5.74) is 4.85. The van der Waals surface area contributed by atoms with E-state index in [1.165, 1.54) is 22.0 Å². The van der Waals surface area contributed by atoms with Gasteiger partial charge >= 0.3 is 0 Å². The van der Waals surface area contributed by atoms with Crippen molar-refractivity contribution in [2.75, 3.05) is 0 Å². The van der Waals surface area contributed by atoms with E-state index in [9.17, 15) is 14.7 Å². The highest BCUT2D eigenvalue weighted by Gasteiger charge is 2.35. The van der Waals surface area contributed by atoms with Crippen LogP contribution in [0.2, 0.25) is 5.15 Å². The van der Waals surface area contributed by atoms with Gasteiger partial charge in [-0.3, -0.25) is 14.2 Å². The Morgan fingerprint density at radius 1 is 1.33 bits per heavy atom. The molecule has 0 atom stereocenters. The molecule has 1 amide bonds. The molecule has 3 aromatic heterocycles. The maximum Gasteiger partial charge on any atom is 0.243 e. The summed E-state index contributed by atoms with van der Waals surface area (Å²) in [5, 5.41) is 12.7. The third-order valence-corrected chi connectivity index (χ3v) is 4.97. The van der Waals surface area contributed by atoms with Crippen LogP contribution in [0.5, 0.6) is 5.88 Å². The van der Waals surface area contributed by atoms with Crippen LogP contribution >= 0.6 is 22.9 Å². The number of thiophene rings is 1. The molecule has 0 aliphatic carbocycles. The maximum atomic E-state index is 12.8. The van der Waals surface area contributed by atoms with E-state index in [0.717, 1.165) is 0 Å². The maximum absolute atomic E-state index is 12.8. The topological polar surface area (TPSA) is 98.2 Å². The molecular weight excluding hydrogens is 350 g/mol. The van der Waals surface area contributed by atoms with Crippen LogP contribution in [0.25, 0.3) is 11.0 Å². The molecule has 0 saturated heterocycles. The zero-order chi connectivity index (χ0) is 17.6. The second kappa shape index (κ2) is 5.61. The molecule has 0 saturated carbocycles. The molecule has 0 aromatic carbocycles. The van der Waals surface area contributed by atoms with Gasteiger partial charge < -0.3 is 10.8 Å². The number of carbonyl (C=O) groups is 2. The fourth-order valence-electron chi connectivity index (χ4n) is 2.54. The van der Waals surface area contributed by atoms with Crippen molar-refractivity contribution in [1.82, 2.24) is 9.55 Å². The van der Waals surface area contributed by atoms with Crippen LogP contribution in [-0.4, -0.2) is 26.3 Å². The van der Waals surface area contributed by atoms with Gasteiger partial charge in [0.2, 0.25) is 17.6 Å². The van der Waals surface area contributed by atoms with Gasteiger partial charge in [0.1, 0.15) is 21.8 Å². The number of aromatic hydroxyl groups is 1. The minimum atomic E-state index is -1.26. The Morgan fingerprint density at radius 3 is 2.62 bits per heavy atom. The zero-order valence-corrected chi connectivity index (χ0v) is 14.5. The molecule has 0 unspecified atom stereocenters. The molecule has 8 heteroatoms. The van der Waals surface area contributed by atoms with Crippen molar-refractivity contribution in [3.8, 4) is 5.88 Å². The summed E-state index contributed by atoms with van der Waals surface area (Å²) < 4.78 is 1.31. The summed E-state index contributed by atoms with van der Waals surface area (Å²) in [7, 11) is 0. The number of amides is 1. The molecule has 0 radical (unpaired) electrons. The van der Waals surface area contributed by atoms with Gasteiger partial charge in [0, 0.05) is 0 Å². The predicted octanol–water partition coefficient (Wildman–Crippen LogP) is 2.91. The molecule has 6 nitrogen and oxygen atoms in total. The fraction of sp³-hybridized carbons (Fsp3) is 0.188. The molecule has 0 bridgehead atoms. The zero-order valence-electron chi connectivity index (χ0n) is 12.9. The first-order valence-electron chi connectivity index (χ1n) is 7.03. The minimum Gasteiger partial charge on any atom is -0.494 e. The smallest absolute Gasteiger partial charge is 0.243 e. The van der Waals surface area contributed by atoms with E-state index >= 15 is 0 Å². The van der Waals surface area contributed by atoms with Crippen molar-refractivity contribution in [2.24, 2.45) is 5.73 Å². The summed E-state index contributed by atoms with van der Waals surface area (Å²) in [6.07, 6.45) is 0. The summed E-state index contributed by atoms with van der Waals surface area (Å²) in [4.78, 5) is 29.3. The van der Waals surface area contributed by atoms with E-state index in [1.807, 2.05) is 0 Å². The quantitative estimate of drug-likeness (QED) is 0.550. The number of carbonyl (C=O) groups excluding carboxylic acids is 2. The van der Waals surface area contributed by atoms with Gasteiger partial charge in [-0.2, -0.15) is 0 Å². The van der Waals surface area contributed by atoms with Crippen LogP contribution in [0, 0.1) is 0 Å². The SMILES string of the molecule is CC(C)(C(N)=O)n1c(O)c(C(=O)c2cccs2)c2nc(Cl)ccc21. The van der Waals surface area contributed by atoms with E-state index in [4.69, 9.17) is 17.3 Å². The van der Waals surface area contributed by atoms with Crippen LogP contribution in [0.15, 0.2) is 29.6 Å². The number of pyridine rings is 1. The average Bonchev–Trinajstić information content (AvgIpc) is 3.12. The Bertz CT molecular complexity index is 961. The van der Waals surface area contributed by atoms with Crippen LogP contribution in [-0.2, 0) is 10.3 Å². The first-order valence-corrected chi connectivity index (χ1v) is 8.29. The summed E-state index contributed by atoms with van der Waals surface area (Å²) in [6.45, 7) is 3.12. The Morgan fingerprint density at radius 2 is 2.04 bits per heavy atom. The number of aromatic nitrogens is 2. The Labute approximate surface area is 146 Å². The van der Waals surface area contributed by atoms with Gasteiger partial charge in [-0.1, -0.05) is 17.7 Å². The number of fused-ring (bicyclic) bond motifs is 1. The average molecular weight is 364 g/mol. The lowest BCUT2D eigenvalue weighted by molar-refractivity contribution is -0.125. The molecule has 3 N–H and O–H groups in total. The van der Waals surface area contributed by atoms with Crippen LogP contribution in [0.1, 0.15) is 29.1 Å². The number of rotatable bonds is 4. The van der Waals surface area contributed by atoms with Crippen molar-refractivity contribution in [1.29, 1.82) is 0 Å². The predicted molar refractivity (Wildman–Crippen MR) is 92.7 cm³/mol. The Hall–Kier alpha value is -2.38.